The second-order valence-electron chi connectivity index (χ2n) is 1.15. The van der Waals surface area contributed by atoms with Crippen LogP contribution in [0.4, 0.5) is 0 Å². The van der Waals surface area contributed by atoms with Crippen LogP contribution >= 0.6 is 0 Å². The Bertz CT molecular complexity index is 55.4. The second-order valence-corrected chi connectivity index (χ2v) is 1.37. The van der Waals surface area contributed by atoms with Crippen LogP contribution < -0.4 is 0 Å². The molecule has 8 heavy (non-hydrogen) atoms. The van der Waals surface area contributed by atoms with E-state index in [1.807, 2.05) is 0 Å². The molecule has 0 unspecified atom stereocenters. The third-order valence-electron chi connectivity index (χ3n) is 0.512. The number of aliphatic hydroxyl groups is 1. The Balaban J connectivity index is 0. The predicted molar refractivity (Wildman–Crippen MR) is 27.7 cm³/mol. The van der Waals surface area contributed by atoms with Crippen molar-refractivity contribution in [1.29, 1.82) is 0 Å². The Hall–Kier alpha value is 0.0595. The van der Waals surface area contributed by atoms with Gasteiger partial charge >= 0.3 is 25.2 Å². The molecule has 3 heteroatoms. The molecule has 0 aliphatic heterocycles. The van der Waals surface area contributed by atoms with Gasteiger partial charge in [0.05, 0.1) is 0 Å². The molecule has 0 aliphatic carbocycles. The first-order valence-electron chi connectivity index (χ1n) is 2.40. The van der Waals surface area contributed by atoms with Crippen LogP contribution in [0.1, 0.15) is 19.8 Å². The van der Waals surface area contributed by atoms with Crippen LogP contribution in [0.2, 0.25) is 0 Å². The summed E-state index contributed by atoms with van der Waals surface area (Å²) >= 11 is 2.68. The van der Waals surface area contributed by atoms with Crippen LogP contribution in [0.25, 0.3) is 0 Å². The van der Waals surface area contributed by atoms with Crippen LogP contribution in [0.3, 0.4) is 0 Å². The van der Waals surface area contributed by atoms with Crippen molar-refractivity contribution in [3.05, 3.63) is 0 Å². The van der Waals surface area contributed by atoms with Crippen LogP contribution in [0, 0.1) is 0 Å². The Morgan fingerprint density at radius 1 is 1.75 bits per heavy atom. The zero-order valence-corrected chi connectivity index (χ0v) is 5.93. The summed E-state index contributed by atoms with van der Waals surface area (Å²) in [6.45, 7) is 2.40. The van der Waals surface area contributed by atoms with E-state index in [0.29, 0.717) is 6.61 Å². The summed E-state index contributed by atoms with van der Waals surface area (Å²) in [6.07, 6.45) is 2.04. The van der Waals surface area contributed by atoms with E-state index in [1.54, 1.807) is 0 Å². The summed E-state index contributed by atoms with van der Waals surface area (Å²) in [6, 6.07) is 0. The third-order valence-corrected chi connectivity index (χ3v) is 0.512. The van der Waals surface area contributed by atoms with Crippen molar-refractivity contribution in [1.82, 2.24) is 0 Å². The fourth-order valence-electron chi connectivity index (χ4n) is 0.158. The topological polar surface area (TPSA) is 37.3 Å². The molecule has 0 amide bonds. The molecular formula is C5H10FeO2. The quantitative estimate of drug-likeness (QED) is 0.589. The van der Waals surface area contributed by atoms with Crippen molar-refractivity contribution >= 4 is 4.79 Å². The van der Waals surface area contributed by atoms with E-state index in [-0.39, 0.29) is 0 Å². The number of aliphatic hydroxyl groups excluding tert-OH is 1. The van der Waals surface area contributed by atoms with Crippen LogP contribution in [0.15, 0.2) is 0 Å². The molecule has 0 saturated carbocycles. The minimum absolute atomic E-state index is 0.344. The molecule has 0 spiro atoms. The van der Waals surface area contributed by atoms with Crippen LogP contribution in [-0.2, 0) is 20.4 Å². The van der Waals surface area contributed by atoms with Gasteiger partial charge < -0.3 is 5.11 Å². The van der Waals surface area contributed by atoms with Gasteiger partial charge in [-0.3, -0.25) is 0 Å². The van der Waals surface area contributed by atoms with E-state index in [2.05, 4.69) is 22.5 Å². The standard InChI is InChI=1S/C4H10O.CO.Fe/c1-2-3-4-5;1-2;/h5H,2-4H2,1H3;;. The van der Waals surface area contributed by atoms with Gasteiger partial charge in [0.25, 0.3) is 0 Å². The molecule has 0 aromatic heterocycles. The van der Waals surface area contributed by atoms with Gasteiger partial charge in [-0.05, 0) is 6.42 Å². The molecule has 0 atom stereocenters. The minimum atomic E-state index is 0.344. The Morgan fingerprint density at radius 3 is 2.12 bits per heavy atom. The van der Waals surface area contributed by atoms with Crippen molar-refractivity contribution in [3.63, 3.8) is 0 Å². The van der Waals surface area contributed by atoms with Gasteiger partial charge in [-0.15, -0.1) is 0 Å². The Labute approximate surface area is 57.3 Å². The van der Waals surface area contributed by atoms with E-state index >= 15 is 0 Å². The monoisotopic (exact) mass is 158 g/mol. The van der Waals surface area contributed by atoms with E-state index in [9.17, 15) is 0 Å². The molecule has 1 N–H and O–H groups in total. The molecule has 0 aromatic carbocycles. The SMILES string of the molecule is CCCCO.O=[C]=[Fe]. The molecule has 50 valence electrons. The first-order chi connectivity index (χ1) is 3.83. The summed E-state index contributed by atoms with van der Waals surface area (Å²) in [5.41, 5.74) is 0. The molecule has 0 saturated heterocycles. The third kappa shape index (κ3) is 36.6. The van der Waals surface area contributed by atoms with Gasteiger partial charge in [-0.25, -0.2) is 0 Å². The average molecular weight is 158 g/mol. The normalized spacial score (nSPS) is 6.38. The molecule has 2 nitrogen and oxygen atoms in total. The Kier molecular flexibility index (Phi) is 21.5. The number of rotatable bonds is 2. The summed E-state index contributed by atoms with van der Waals surface area (Å²) in [5, 5.41) is 8.07. The zero-order chi connectivity index (χ0) is 6.83. The summed E-state index contributed by atoms with van der Waals surface area (Å²) in [7, 11) is 0. The van der Waals surface area contributed by atoms with Crippen molar-refractivity contribution in [2.75, 3.05) is 6.61 Å². The van der Waals surface area contributed by atoms with E-state index in [4.69, 9.17) is 9.90 Å². The van der Waals surface area contributed by atoms with Gasteiger partial charge in [0.1, 0.15) is 0 Å². The van der Waals surface area contributed by atoms with E-state index in [1.165, 1.54) is 4.79 Å². The van der Waals surface area contributed by atoms with Gasteiger partial charge in [-0.1, -0.05) is 13.3 Å². The van der Waals surface area contributed by atoms with Crippen LogP contribution in [-0.4, -0.2) is 16.5 Å². The molecule has 0 rings (SSSR count). The molecular weight excluding hydrogens is 148 g/mol. The molecule has 0 bridgehead atoms. The number of carbonyl (C=O) groups excluding carboxylic acids is 1. The molecule has 0 heterocycles. The molecule has 0 radical (unpaired) electrons. The first-order valence-corrected chi connectivity index (χ1v) is 2.96. The second kappa shape index (κ2) is 15.7. The molecule has 0 aromatic rings. The summed E-state index contributed by atoms with van der Waals surface area (Å²) in [4.78, 5) is 9.82. The van der Waals surface area contributed by atoms with E-state index in [0.717, 1.165) is 12.8 Å². The number of hydrogen-bond donors (Lipinski definition) is 1. The number of hydrogen-bond acceptors (Lipinski definition) is 2. The van der Waals surface area contributed by atoms with Gasteiger partial charge in [0.15, 0.2) is 0 Å². The Morgan fingerprint density at radius 2 is 2.12 bits per heavy atom. The summed E-state index contributed by atoms with van der Waals surface area (Å²) in [5.74, 6) is 0. The fraction of sp³-hybridized carbons (Fsp3) is 0.800. The maximum atomic E-state index is 8.57. The first kappa shape index (κ1) is 10.9. The van der Waals surface area contributed by atoms with Crippen LogP contribution in [0.5, 0.6) is 0 Å². The summed E-state index contributed by atoms with van der Waals surface area (Å²) < 4.78 is 0. The number of unbranched alkanes of at least 4 members (excludes halogenated alkanes) is 1. The van der Waals surface area contributed by atoms with Crippen molar-refractivity contribution < 1.29 is 25.5 Å². The molecule has 0 aliphatic rings. The van der Waals surface area contributed by atoms with Crippen molar-refractivity contribution in [3.8, 4) is 0 Å². The van der Waals surface area contributed by atoms with Crippen molar-refractivity contribution in [2.45, 2.75) is 19.8 Å². The van der Waals surface area contributed by atoms with Gasteiger partial charge in [0.2, 0.25) is 0 Å². The fourth-order valence-corrected chi connectivity index (χ4v) is 0.158. The average Bonchev–Trinajstić information content (AvgIpc) is 1.71. The molecule has 0 fully saturated rings. The maximum absolute atomic E-state index is 8.57. The van der Waals surface area contributed by atoms with Crippen molar-refractivity contribution in [2.24, 2.45) is 0 Å². The van der Waals surface area contributed by atoms with Gasteiger partial charge in [-0.2, -0.15) is 0 Å². The zero-order valence-electron chi connectivity index (χ0n) is 4.83. The van der Waals surface area contributed by atoms with Gasteiger partial charge in [0, 0.05) is 6.61 Å². The van der Waals surface area contributed by atoms with E-state index < -0.39 is 0 Å². The predicted octanol–water partition coefficient (Wildman–Crippen LogP) is 0.379.